The summed E-state index contributed by atoms with van der Waals surface area (Å²) in [5.41, 5.74) is 2.83. The predicted octanol–water partition coefficient (Wildman–Crippen LogP) is 5.87. The topological polar surface area (TPSA) is 69.6 Å². The van der Waals surface area contributed by atoms with Gasteiger partial charge in [-0.2, -0.15) is 0 Å². The molecule has 3 aromatic rings. The van der Waals surface area contributed by atoms with Gasteiger partial charge in [0, 0.05) is 30.3 Å². The molecule has 0 heterocycles. The van der Waals surface area contributed by atoms with Crippen LogP contribution in [-0.2, 0) is 12.8 Å². The molecule has 2 amide bonds. The number of benzene rings is 3. The fourth-order valence-electron chi connectivity index (χ4n) is 4.75. The van der Waals surface area contributed by atoms with Crippen molar-refractivity contribution in [3.63, 3.8) is 0 Å². The van der Waals surface area contributed by atoms with E-state index in [0.29, 0.717) is 37.1 Å². The van der Waals surface area contributed by atoms with Gasteiger partial charge in [-0.05, 0) is 86.1 Å². The first-order chi connectivity index (χ1) is 18.7. The molecule has 0 bridgehead atoms. The van der Waals surface area contributed by atoms with Gasteiger partial charge in [-0.1, -0.05) is 44.2 Å². The van der Waals surface area contributed by atoms with Crippen LogP contribution < -0.4 is 5.32 Å². The monoisotopic (exact) mass is 536 g/mol. The molecule has 0 saturated carbocycles. The number of halogens is 2. The molecule has 0 aliphatic heterocycles. The number of hydrogen-bond acceptors (Lipinski definition) is 3. The fraction of sp³-hybridized carbons (Fsp3) is 0.375. The van der Waals surface area contributed by atoms with Gasteiger partial charge in [0.25, 0.3) is 11.8 Å². The van der Waals surface area contributed by atoms with Crippen molar-refractivity contribution in [3.8, 4) is 0 Å². The summed E-state index contributed by atoms with van der Waals surface area (Å²) in [6.45, 7) is 7.10. The van der Waals surface area contributed by atoms with Crippen molar-refractivity contribution in [1.29, 1.82) is 0 Å². The Morgan fingerprint density at radius 1 is 0.872 bits per heavy atom. The third kappa shape index (κ3) is 8.99. The van der Waals surface area contributed by atoms with Crippen LogP contribution in [0.25, 0.3) is 0 Å². The number of rotatable bonds is 13. The van der Waals surface area contributed by atoms with E-state index in [9.17, 15) is 23.5 Å². The summed E-state index contributed by atoms with van der Waals surface area (Å²) in [6, 6.07) is 17.0. The van der Waals surface area contributed by atoms with Gasteiger partial charge in [0.05, 0.1) is 12.1 Å². The van der Waals surface area contributed by atoms with Crippen LogP contribution in [0.15, 0.2) is 66.7 Å². The lowest BCUT2D eigenvalue weighted by Gasteiger charge is -2.25. The smallest absolute Gasteiger partial charge is 0.253 e. The molecular formula is C32H38F2N2O3. The zero-order valence-electron chi connectivity index (χ0n) is 22.9. The molecule has 0 spiro atoms. The van der Waals surface area contributed by atoms with Gasteiger partial charge in [0.1, 0.15) is 11.6 Å². The van der Waals surface area contributed by atoms with Crippen molar-refractivity contribution in [2.45, 2.75) is 65.0 Å². The minimum Gasteiger partial charge on any atom is -0.391 e. The molecule has 0 saturated heterocycles. The second-order valence-corrected chi connectivity index (χ2v) is 10.0. The van der Waals surface area contributed by atoms with E-state index in [1.54, 1.807) is 23.1 Å². The Labute approximate surface area is 229 Å². The van der Waals surface area contributed by atoms with Crippen LogP contribution >= 0.6 is 0 Å². The molecule has 2 atom stereocenters. The molecule has 7 heteroatoms. The van der Waals surface area contributed by atoms with Crippen LogP contribution in [0.3, 0.4) is 0 Å². The van der Waals surface area contributed by atoms with E-state index in [1.165, 1.54) is 12.1 Å². The molecule has 5 nitrogen and oxygen atoms in total. The highest BCUT2D eigenvalue weighted by Crippen LogP contribution is 2.17. The van der Waals surface area contributed by atoms with Crippen molar-refractivity contribution in [2.24, 2.45) is 0 Å². The van der Waals surface area contributed by atoms with Crippen molar-refractivity contribution >= 4 is 11.8 Å². The number of aliphatic hydroxyl groups excluding tert-OH is 1. The Balaban J connectivity index is 1.84. The molecule has 0 aliphatic carbocycles. The van der Waals surface area contributed by atoms with E-state index < -0.39 is 29.7 Å². The number of nitrogens with zero attached hydrogens (tertiary/aromatic N) is 1. The van der Waals surface area contributed by atoms with Crippen LogP contribution in [0.2, 0.25) is 0 Å². The van der Waals surface area contributed by atoms with Crippen LogP contribution in [-0.4, -0.2) is 47.1 Å². The first-order valence-electron chi connectivity index (χ1n) is 13.6. The SMILES string of the molecule is CCCN(CCC)C(=O)c1cc(C)cc(C(=O)N[C@@H](Cc2cc(F)cc(F)c2)C(O)CCc2ccccc2)c1. The Morgan fingerprint density at radius 3 is 2.10 bits per heavy atom. The summed E-state index contributed by atoms with van der Waals surface area (Å²) < 4.78 is 27.8. The highest BCUT2D eigenvalue weighted by Gasteiger charge is 2.24. The second kappa shape index (κ2) is 14.5. The summed E-state index contributed by atoms with van der Waals surface area (Å²) in [7, 11) is 0. The van der Waals surface area contributed by atoms with E-state index in [0.717, 1.165) is 30.0 Å². The number of hydrogen-bond donors (Lipinski definition) is 2. The Bertz CT molecular complexity index is 1220. The van der Waals surface area contributed by atoms with Crippen LogP contribution in [0, 0.1) is 18.6 Å². The number of carbonyl (C=O) groups excluding carboxylic acids is 2. The Hall–Kier alpha value is -3.58. The lowest BCUT2D eigenvalue weighted by Crippen LogP contribution is -2.45. The molecule has 208 valence electrons. The molecule has 3 rings (SSSR count). The van der Waals surface area contributed by atoms with Crippen molar-refractivity contribution in [3.05, 3.63) is 106 Å². The van der Waals surface area contributed by atoms with E-state index in [-0.39, 0.29) is 17.9 Å². The maximum atomic E-state index is 13.9. The molecule has 3 aromatic carbocycles. The maximum absolute atomic E-state index is 13.9. The first kappa shape index (κ1) is 30.0. The molecule has 0 aromatic heterocycles. The zero-order valence-corrected chi connectivity index (χ0v) is 22.9. The minimum atomic E-state index is -0.976. The summed E-state index contributed by atoms with van der Waals surface area (Å²) in [4.78, 5) is 28.4. The Kier molecular flexibility index (Phi) is 11.2. The fourth-order valence-corrected chi connectivity index (χ4v) is 4.75. The van der Waals surface area contributed by atoms with Gasteiger partial charge in [0.15, 0.2) is 0 Å². The highest BCUT2D eigenvalue weighted by molar-refractivity contribution is 6.00. The number of amides is 2. The van der Waals surface area contributed by atoms with Crippen molar-refractivity contribution < 1.29 is 23.5 Å². The number of aliphatic hydroxyl groups is 1. The normalized spacial score (nSPS) is 12.6. The number of carbonyl (C=O) groups is 2. The minimum absolute atomic E-state index is 0.0365. The molecular weight excluding hydrogens is 498 g/mol. The van der Waals surface area contributed by atoms with Crippen LogP contribution in [0.5, 0.6) is 0 Å². The van der Waals surface area contributed by atoms with E-state index >= 15 is 0 Å². The highest BCUT2D eigenvalue weighted by atomic mass is 19.1. The Morgan fingerprint density at radius 2 is 1.49 bits per heavy atom. The lowest BCUT2D eigenvalue weighted by molar-refractivity contribution is 0.0755. The summed E-state index contributed by atoms with van der Waals surface area (Å²) in [5, 5.41) is 14.0. The maximum Gasteiger partial charge on any atom is 0.253 e. The number of nitrogens with one attached hydrogen (secondary N) is 1. The second-order valence-electron chi connectivity index (χ2n) is 10.0. The standard InChI is InChI=1S/C32H38F2N2O3/c1-4-13-36(14-5-2)32(39)26-16-22(3)15-25(20-26)31(38)35-29(19-24-17-27(33)21-28(34)18-24)30(37)12-11-23-9-7-6-8-10-23/h6-10,15-18,20-21,29-30,37H,4-5,11-14,19H2,1-3H3,(H,35,38)/t29-,30?/m0/s1. The summed E-state index contributed by atoms with van der Waals surface area (Å²) in [6.07, 6.45) is 1.63. The van der Waals surface area contributed by atoms with Crippen molar-refractivity contribution in [2.75, 3.05) is 13.1 Å². The van der Waals surface area contributed by atoms with Crippen LogP contribution in [0.1, 0.15) is 70.5 Å². The molecule has 1 unspecified atom stereocenters. The third-order valence-corrected chi connectivity index (χ3v) is 6.59. The quantitative estimate of drug-likeness (QED) is 0.287. The van der Waals surface area contributed by atoms with Gasteiger partial charge in [0.2, 0.25) is 0 Å². The van der Waals surface area contributed by atoms with E-state index in [4.69, 9.17) is 0 Å². The molecule has 0 aliphatic rings. The van der Waals surface area contributed by atoms with Crippen LogP contribution in [0.4, 0.5) is 8.78 Å². The molecule has 2 N–H and O–H groups in total. The van der Waals surface area contributed by atoms with Gasteiger partial charge in [-0.25, -0.2) is 8.78 Å². The third-order valence-electron chi connectivity index (χ3n) is 6.59. The van der Waals surface area contributed by atoms with Gasteiger partial charge in [-0.15, -0.1) is 0 Å². The zero-order chi connectivity index (χ0) is 28.4. The molecule has 39 heavy (non-hydrogen) atoms. The molecule has 0 radical (unpaired) electrons. The van der Waals surface area contributed by atoms with Gasteiger partial charge < -0.3 is 15.3 Å². The largest absolute Gasteiger partial charge is 0.391 e. The number of aryl methyl sites for hydroxylation is 2. The van der Waals surface area contributed by atoms with Gasteiger partial charge in [-0.3, -0.25) is 9.59 Å². The summed E-state index contributed by atoms with van der Waals surface area (Å²) >= 11 is 0. The van der Waals surface area contributed by atoms with E-state index in [1.807, 2.05) is 51.1 Å². The first-order valence-corrected chi connectivity index (χ1v) is 13.6. The lowest BCUT2D eigenvalue weighted by atomic mass is 9.95. The van der Waals surface area contributed by atoms with Gasteiger partial charge >= 0.3 is 0 Å². The molecule has 0 fully saturated rings. The predicted molar refractivity (Wildman–Crippen MR) is 150 cm³/mol. The van der Waals surface area contributed by atoms with E-state index in [2.05, 4.69) is 5.32 Å². The van der Waals surface area contributed by atoms with Crippen molar-refractivity contribution in [1.82, 2.24) is 10.2 Å². The summed E-state index contributed by atoms with van der Waals surface area (Å²) in [5.74, 6) is -2.05. The average Bonchev–Trinajstić information content (AvgIpc) is 2.90. The average molecular weight is 537 g/mol.